The highest BCUT2D eigenvalue weighted by atomic mass is 16.5. The summed E-state index contributed by atoms with van der Waals surface area (Å²) < 4.78 is 21.4. The average molecular weight is 425 g/mol. The summed E-state index contributed by atoms with van der Waals surface area (Å²) in [6.45, 7) is 4.35. The lowest BCUT2D eigenvalue weighted by Gasteiger charge is -2.15. The van der Waals surface area contributed by atoms with Crippen LogP contribution in [0.5, 0.6) is 17.2 Å². The number of hydrogen-bond acceptors (Lipinski definition) is 7. The van der Waals surface area contributed by atoms with Crippen LogP contribution in [0.3, 0.4) is 0 Å². The first-order valence-electron chi connectivity index (χ1n) is 9.93. The molecular weight excluding hydrogens is 398 g/mol. The van der Waals surface area contributed by atoms with Crippen molar-refractivity contribution in [3.05, 3.63) is 53.9 Å². The maximum atomic E-state index is 12.4. The van der Waals surface area contributed by atoms with Crippen LogP contribution < -0.4 is 14.2 Å². The number of nitrogens with zero attached hydrogens (tertiary/aromatic N) is 3. The molecule has 2 aromatic carbocycles. The van der Waals surface area contributed by atoms with Gasteiger partial charge in [0.15, 0.2) is 18.1 Å². The average Bonchev–Trinajstić information content (AvgIpc) is 3.25. The van der Waals surface area contributed by atoms with Crippen molar-refractivity contribution in [2.24, 2.45) is 0 Å². The SMILES string of the molecule is COc1ccc(-c2noc(CN(C)C(=O)COc3ccc(C(C)C)cc3)n2)cc1OC. The zero-order chi connectivity index (χ0) is 22.4. The van der Waals surface area contributed by atoms with Crippen LogP contribution in [0, 0.1) is 0 Å². The Bertz CT molecular complexity index is 1010. The molecule has 31 heavy (non-hydrogen) atoms. The Morgan fingerprint density at radius 3 is 2.42 bits per heavy atom. The molecule has 164 valence electrons. The van der Waals surface area contributed by atoms with Crippen LogP contribution in [0.25, 0.3) is 11.4 Å². The molecule has 0 aliphatic heterocycles. The molecule has 3 aromatic rings. The maximum absolute atomic E-state index is 12.4. The molecule has 0 bridgehead atoms. The van der Waals surface area contributed by atoms with E-state index in [0.717, 1.165) is 5.56 Å². The molecule has 3 rings (SSSR count). The van der Waals surface area contributed by atoms with E-state index in [-0.39, 0.29) is 19.1 Å². The molecule has 0 aliphatic carbocycles. The van der Waals surface area contributed by atoms with Gasteiger partial charge in [-0.1, -0.05) is 31.1 Å². The van der Waals surface area contributed by atoms with Gasteiger partial charge in [-0.05, 0) is 41.8 Å². The van der Waals surface area contributed by atoms with Gasteiger partial charge in [0.2, 0.25) is 11.7 Å². The predicted molar refractivity (Wildman–Crippen MR) is 115 cm³/mol. The van der Waals surface area contributed by atoms with Gasteiger partial charge in [-0.3, -0.25) is 4.79 Å². The number of likely N-dealkylation sites (N-methyl/N-ethyl adjacent to an activating group) is 1. The van der Waals surface area contributed by atoms with E-state index >= 15 is 0 Å². The largest absolute Gasteiger partial charge is 0.493 e. The van der Waals surface area contributed by atoms with Crippen molar-refractivity contribution < 1.29 is 23.5 Å². The Labute approximate surface area is 181 Å². The lowest BCUT2D eigenvalue weighted by Crippen LogP contribution is -2.31. The molecule has 0 N–H and O–H groups in total. The minimum absolute atomic E-state index is 0.0752. The van der Waals surface area contributed by atoms with Crippen molar-refractivity contribution in [2.45, 2.75) is 26.3 Å². The van der Waals surface area contributed by atoms with Crippen LogP contribution in [-0.4, -0.2) is 48.8 Å². The summed E-state index contributed by atoms with van der Waals surface area (Å²) in [7, 11) is 4.79. The van der Waals surface area contributed by atoms with Crippen LogP contribution in [0.4, 0.5) is 0 Å². The molecule has 0 fully saturated rings. The normalized spacial score (nSPS) is 10.8. The topological polar surface area (TPSA) is 86.9 Å². The van der Waals surface area contributed by atoms with E-state index in [9.17, 15) is 4.79 Å². The first kappa shape index (κ1) is 22.1. The summed E-state index contributed by atoms with van der Waals surface area (Å²) in [6.07, 6.45) is 0. The summed E-state index contributed by atoms with van der Waals surface area (Å²) in [5, 5.41) is 3.99. The van der Waals surface area contributed by atoms with Gasteiger partial charge in [-0.25, -0.2) is 0 Å². The summed E-state index contributed by atoms with van der Waals surface area (Å²) in [6, 6.07) is 13.1. The molecule has 1 amide bonds. The van der Waals surface area contributed by atoms with Crippen LogP contribution in [0.2, 0.25) is 0 Å². The van der Waals surface area contributed by atoms with E-state index in [1.165, 1.54) is 10.5 Å². The zero-order valence-electron chi connectivity index (χ0n) is 18.4. The first-order valence-corrected chi connectivity index (χ1v) is 9.93. The highest BCUT2D eigenvalue weighted by molar-refractivity contribution is 5.77. The number of hydrogen-bond donors (Lipinski definition) is 0. The van der Waals surface area contributed by atoms with Crippen LogP contribution in [-0.2, 0) is 11.3 Å². The fraction of sp³-hybridized carbons (Fsp3) is 0.348. The molecule has 0 unspecified atom stereocenters. The van der Waals surface area contributed by atoms with Crippen molar-refractivity contribution in [1.82, 2.24) is 15.0 Å². The van der Waals surface area contributed by atoms with Gasteiger partial charge in [0.25, 0.3) is 5.91 Å². The number of aromatic nitrogens is 2. The predicted octanol–water partition coefficient (Wildman–Crippen LogP) is 3.91. The van der Waals surface area contributed by atoms with Crippen molar-refractivity contribution in [3.8, 4) is 28.6 Å². The van der Waals surface area contributed by atoms with E-state index in [4.69, 9.17) is 18.7 Å². The molecule has 8 nitrogen and oxygen atoms in total. The highest BCUT2D eigenvalue weighted by Crippen LogP contribution is 2.31. The highest BCUT2D eigenvalue weighted by Gasteiger charge is 2.16. The third kappa shape index (κ3) is 5.53. The fourth-order valence-electron chi connectivity index (χ4n) is 2.91. The van der Waals surface area contributed by atoms with Gasteiger partial charge in [0.1, 0.15) is 5.75 Å². The molecule has 0 saturated carbocycles. The van der Waals surface area contributed by atoms with Crippen molar-refractivity contribution in [2.75, 3.05) is 27.9 Å². The first-order chi connectivity index (χ1) is 14.9. The van der Waals surface area contributed by atoms with E-state index in [1.54, 1.807) is 33.4 Å². The van der Waals surface area contributed by atoms with Crippen molar-refractivity contribution >= 4 is 5.91 Å². The van der Waals surface area contributed by atoms with Gasteiger partial charge in [0.05, 0.1) is 20.8 Å². The zero-order valence-corrected chi connectivity index (χ0v) is 18.4. The maximum Gasteiger partial charge on any atom is 0.260 e. The number of carbonyl (C=O) groups excluding carboxylic acids is 1. The van der Waals surface area contributed by atoms with Gasteiger partial charge in [0, 0.05) is 12.6 Å². The summed E-state index contributed by atoms with van der Waals surface area (Å²) in [4.78, 5) is 18.3. The fourth-order valence-corrected chi connectivity index (χ4v) is 2.91. The van der Waals surface area contributed by atoms with Crippen LogP contribution in [0.1, 0.15) is 31.2 Å². The molecule has 0 atom stereocenters. The lowest BCUT2D eigenvalue weighted by atomic mass is 10.0. The molecule has 1 heterocycles. The number of methoxy groups -OCH3 is 2. The number of rotatable bonds is 9. The quantitative estimate of drug-likeness (QED) is 0.514. The number of carbonyl (C=O) groups is 1. The number of ether oxygens (including phenoxy) is 3. The van der Waals surface area contributed by atoms with E-state index in [1.807, 2.05) is 30.3 Å². The Morgan fingerprint density at radius 1 is 1.06 bits per heavy atom. The second kappa shape index (κ2) is 9.97. The molecule has 0 aliphatic rings. The van der Waals surface area contributed by atoms with Crippen LogP contribution >= 0.6 is 0 Å². The second-order valence-corrected chi connectivity index (χ2v) is 7.34. The van der Waals surface area contributed by atoms with E-state index < -0.39 is 0 Å². The molecule has 8 heteroatoms. The van der Waals surface area contributed by atoms with Crippen molar-refractivity contribution in [3.63, 3.8) is 0 Å². The van der Waals surface area contributed by atoms with Gasteiger partial charge >= 0.3 is 0 Å². The smallest absolute Gasteiger partial charge is 0.260 e. The third-order valence-corrected chi connectivity index (χ3v) is 4.82. The Balaban J connectivity index is 1.57. The Hall–Kier alpha value is -3.55. The van der Waals surface area contributed by atoms with Crippen LogP contribution in [0.15, 0.2) is 47.0 Å². The number of amides is 1. The second-order valence-electron chi connectivity index (χ2n) is 7.34. The standard InChI is InChI=1S/C23H27N3O5/c1-15(2)16-6-9-18(10-7-16)30-14-22(27)26(3)13-21-24-23(25-31-21)17-8-11-19(28-4)20(12-17)29-5/h6-12,15H,13-14H2,1-5H3. The Kier molecular flexibility index (Phi) is 7.12. The minimum Gasteiger partial charge on any atom is -0.493 e. The van der Waals surface area contributed by atoms with Gasteiger partial charge < -0.3 is 23.6 Å². The van der Waals surface area contributed by atoms with E-state index in [0.29, 0.717) is 34.9 Å². The van der Waals surface area contributed by atoms with Crippen molar-refractivity contribution in [1.29, 1.82) is 0 Å². The monoisotopic (exact) mass is 425 g/mol. The summed E-state index contributed by atoms with van der Waals surface area (Å²) >= 11 is 0. The molecule has 1 aromatic heterocycles. The molecular formula is C23H27N3O5. The summed E-state index contributed by atoms with van der Waals surface area (Å²) in [5.74, 6) is 2.80. The molecule has 0 spiro atoms. The lowest BCUT2D eigenvalue weighted by molar-refractivity contribution is -0.132. The van der Waals surface area contributed by atoms with Gasteiger partial charge in [-0.2, -0.15) is 4.98 Å². The minimum atomic E-state index is -0.196. The summed E-state index contributed by atoms with van der Waals surface area (Å²) in [5.41, 5.74) is 1.94. The Morgan fingerprint density at radius 2 is 1.77 bits per heavy atom. The molecule has 0 radical (unpaired) electrons. The molecule has 0 saturated heterocycles. The van der Waals surface area contributed by atoms with E-state index in [2.05, 4.69) is 24.0 Å². The number of benzene rings is 2. The third-order valence-electron chi connectivity index (χ3n) is 4.82. The van der Waals surface area contributed by atoms with Gasteiger partial charge in [-0.15, -0.1) is 0 Å².